The van der Waals surface area contributed by atoms with E-state index in [2.05, 4.69) is 25.7 Å². The van der Waals surface area contributed by atoms with Crippen LogP contribution in [0.2, 0.25) is 0 Å². The Morgan fingerprint density at radius 3 is 2.44 bits per heavy atom. The molecule has 1 saturated carbocycles. The van der Waals surface area contributed by atoms with E-state index in [0.29, 0.717) is 5.92 Å². The van der Waals surface area contributed by atoms with E-state index in [1.807, 2.05) is 13.0 Å². The first-order valence-corrected chi connectivity index (χ1v) is 6.42. The summed E-state index contributed by atoms with van der Waals surface area (Å²) in [4.78, 5) is 0. The molecular formula is C15H25N. The molecule has 0 spiro atoms. The molecule has 0 aliphatic heterocycles. The lowest BCUT2D eigenvalue weighted by molar-refractivity contribution is 0.327. The lowest BCUT2D eigenvalue weighted by atomic mass is 9.80. The van der Waals surface area contributed by atoms with Crippen LogP contribution in [0.5, 0.6) is 0 Å². The van der Waals surface area contributed by atoms with Gasteiger partial charge >= 0.3 is 0 Å². The van der Waals surface area contributed by atoms with E-state index >= 15 is 0 Å². The van der Waals surface area contributed by atoms with E-state index in [1.54, 1.807) is 0 Å². The van der Waals surface area contributed by atoms with Gasteiger partial charge in [-0.15, -0.1) is 0 Å². The second-order valence-corrected chi connectivity index (χ2v) is 4.77. The summed E-state index contributed by atoms with van der Waals surface area (Å²) in [5.41, 5.74) is 8.88. The summed E-state index contributed by atoms with van der Waals surface area (Å²) in [6.07, 6.45) is 12.8. The Morgan fingerprint density at radius 2 is 1.94 bits per heavy atom. The van der Waals surface area contributed by atoms with E-state index in [4.69, 9.17) is 5.73 Å². The molecule has 0 radical (unpaired) electrons. The summed E-state index contributed by atoms with van der Waals surface area (Å²) >= 11 is 0. The first-order valence-electron chi connectivity index (χ1n) is 6.42. The van der Waals surface area contributed by atoms with Gasteiger partial charge < -0.3 is 5.73 Å². The van der Waals surface area contributed by atoms with Gasteiger partial charge in [0.2, 0.25) is 0 Å². The van der Waals surface area contributed by atoms with Crippen molar-refractivity contribution in [2.75, 3.05) is 0 Å². The van der Waals surface area contributed by atoms with Crippen LogP contribution in [0.3, 0.4) is 0 Å². The first-order chi connectivity index (χ1) is 7.70. The van der Waals surface area contributed by atoms with E-state index in [1.165, 1.54) is 43.3 Å². The van der Waals surface area contributed by atoms with Crippen molar-refractivity contribution >= 4 is 0 Å². The van der Waals surface area contributed by atoms with Crippen molar-refractivity contribution in [2.45, 2.75) is 52.0 Å². The van der Waals surface area contributed by atoms with Crippen LogP contribution >= 0.6 is 0 Å². The predicted molar refractivity (Wildman–Crippen MR) is 72.3 cm³/mol. The molecule has 1 heteroatoms. The van der Waals surface area contributed by atoms with Gasteiger partial charge in [-0.1, -0.05) is 44.1 Å². The Morgan fingerprint density at radius 1 is 1.31 bits per heavy atom. The molecule has 0 bridgehead atoms. The van der Waals surface area contributed by atoms with Crippen molar-refractivity contribution in [3.63, 3.8) is 0 Å². The summed E-state index contributed by atoms with van der Waals surface area (Å²) in [7, 11) is 0. The summed E-state index contributed by atoms with van der Waals surface area (Å²) in [5.74, 6) is 0.662. The third-order valence-electron chi connectivity index (χ3n) is 3.62. The van der Waals surface area contributed by atoms with Crippen molar-refractivity contribution < 1.29 is 0 Å². The van der Waals surface area contributed by atoms with Crippen molar-refractivity contribution in [1.29, 1.82) is 0 Å². The van der Waals surface area contributed by atoms with Gasteiger partial charge in [-0.2, -0.15) is 0 Å². The number of allylic oxidation sites excluding steroid dienone is 3. The highest BCUT2D eigenvalue weighted by molar-refractivity contribution is 5.35. The fourth-order valence-electron chi connectivity index (χ4n) is 2.55. The van der Waals surface area contributed by atoms with E-state index in [0.717, 1.165) is 0 Å². The van der Waals surface area contributed by atoms with Gasteiger partial charge in [-0.25, -0.2) is 0 Å². The lowest BCUT2D eigenvalue weighted by Gasteiger charge is -2.29. The number of nitrogens with two attached hydrogens (primary N) is 1. The van der Waals surface area contributed by atoms with Crippen LogP contribution < -0.4 is 5.73 Å². The maximum Gasteiger partial charge on any atom is 0.0326 e. The van der Waals surface area contributed by atoms with Crippen LogP contribution in [0.4, 0.5) is 0 Å². The molecule has 0 aromatic rings. The molecule has 0 aromatic heterocycles. The Labute approximate surface area is 100 Å². The first kappa shape index (κ1) is 13.2. The van der Waals surface area contributed by atoms with Gasteiger partial charge in [0.25, 0.3) is 0 Å². The molecule has 2 N–H and O–H groups in total. The fourth-order valence-corrected chi connectivity index (χ4v) is 2.55. The highest BCUT2D eigenvalue weighted by atomic mass is 14.7. The SMILES string of the molecule is C=C/C(C)=C(\C=C/C)C(N)C1CCCCC1. The van der Waals surface area contributed by atoms with Gasteiger partial charge in [0.05, 0.1) is 0 Å². The second-order valence-electron chi connectivity index (χ2n) is 4.77. The molecule has 90 valence electrons. The molecule has 16 heavy (non-hydrogen) atoms. The fraction of sp³-hybridized carbons (Fsp3) is 0.600. The van der Waals surface area contributed by atoms with Crippen LogP contribution in [0.1, 0.15) is 46.0 Å². The van der Waals surface area contributed by atoms with Crippen molar-refractivity contribution in [3.8, 4) is 0 Å². The molecule has 1 nitrogen and oxygen atoms in total. The average Bonchev–Trinajstić information content (AvgIpc) is 2.35. The molecule has 1 fully saturated rings. The zero-order valence-corrected chi connectivity index (χ0v) is 10.7. The molecule has 0 saturated heterocycles. The zero-order chi connectivity index (χ0) is 12.0. The summed E-state index contributed by atoms with van der Waals surface area (Å²) in [6, 6.07) is 0.189. The third-order valence-corrected chi connectivity index (χ3v) is 3.62. The van der Waals surface area contributed by atoms with Crippen LogP contribution in [0.15, 0.2) is 36.0 Å². The van der Waals surface area contributed by atoms with Gasteiger partial charge in [0, 0.05) is 6.04 Å². The van der Waals surface area contributed by atoms with Crippen LogP contribution in [0.25, 0.3) is 0 Å². The average molecular weight is 219 g/mol. The van der Waals surface area contributed by atoms with Crippen molar-refractivity contribution in [3.05, 3.63) is 36.0 Å². The molecule has 1 aliphatic rings. The minimum absolute atomic E-state index is 0.189. The Bertz CT molecular complexity index is 280. The minimum atomic E-state index is 0.189. The highest BCUT2D eigenvalue weighted by Gasteiger charge is 2.22. The molecule has 0 amide bonds. The number of rotatable bonds is 4. The monoisotopic (exact) mass is 219 g/mol. The van der Waals surface area contributed by atoms with Gasteiger partial charge in [0.15, 0.2) is 0 Å². The van der Waals surface area contributed by atoms with E-state index in [-0.39, 0.29) is 6.04 Å². The molecule has 1 aliphatic carbocycles. The van der Waals surface area contributed by atoms with E-state index < -0.39 is 0 Å². The molecule has 0 aromatic carbocycles. The minimum Gasteiger partial charge on any atom is -0.324 e. The molecule has 1 rings (SSSR count). The quantitative estimate of drug-likeness (QED) is 0.711. The third kappa shape index (κ3) is 3.34. The Hall–Kier alpha value is -0.820. The van der Waals surface area contributed by atoms with Gasteiger partial charge in [-0.05, 0) is 43.8 Å². The predicted octanol–water partition coefficient (Wildman–Crippen LogP) is 3.97. The van der Waals surface area contributed by atoms with Crippen molar-refractivity contribution in [2.24, 2.45) is 11.7 Å². The molecule has 0 heterocycles. The topological polar surface area (TPSA) is 26.0 Å². The normalized spacial score (nSPS) is 21.9. The highest BCUT2D eigenvalue weighted by Crippen LogP contribution is 2.29. The number of hydrogen-bond acceptors (Lipinski definition) is 1. The molecule has 1 atom stereocenters. The summed E-state index contributed by atoms with van der Waals surface area (Å²) in [6.45, 7) is 7.99. The maximum atomic E-state index is 6.40. The summed E-state index contributed by atoms with van der Waals surface area (Å²) < 4.78 is 0. The zero-order valence-electron chi connectivity index (χ0n) is 10.7. The molecular weight excluding hydrogens is 194 g/mol. The summed E-state index contributed by atoms with van der Waals surface area (Å²) in [5, 5.41) is 0. The maximum absolute atomic E-state index is 6.40. The Balaban J connectivity index is 2.81. The van der Waals surface area contributed by atoms with Gasteiger partial charge in [-0.3, -0.25) is 0 Å². The Kier molecular flexibility index (Phi) is 5.54. The van der Waals surface area contributed by atoms with Gasteiger partial charge in [0.1, 0.15) is 0 Å². The van der Waals surface area contributed by atoms with Crippen LogP contribution in [-0.2, 0) is 0 Å². The van der Waals surface area contributed by atoms with Crippen molar-refractivity contribution in [1.82, 2.24) is 0 Å². The largest absolute Gasteiger partial charge is 0.324 e. The standard InChI is InChI=1S/C15H25N/c1-4-9-14(12(3)5-2)15(16)13-10-7-6-8-11-13/h4-5,9,13,15H,2,6-8,10-11,16H2,1,3H3/b9-4-,14-12+. The molecule has 1 unspecified atom stereocenters. The van der Waals surface area contributed by atoms with E-state index in [9.17, 15) is 0 Å². The van der Waals surface area contributed by atoms with Crippen LogP contribution in [0, 0.1) is 5.92 Å². The van der Waals surface area contributed by atoms with Crippen LogP contribution in [-0.4, -0.2) is 6.04 Å². The number of hydrogen-bond donors (Lipinski definition) is 1. The second kappa shape index (κ2) is 6.70. The smallest absolute Gasteiger partial charge is 0.0326 e. The lowest BCUT2D eigenvalue weighted by Crippen LogP contribution is -2.33.